The van der Waals surface area contributed by atoms with Crippen LogP contribution in [0, 0.1) is 4.77 Å². The highest BCUT2D eigenvalue weighted by molar-refractivity contribution is 7.71. The zero-order chi connectivity index (χ0) is 17.8. The van der Waals surface area contributed by atoms with Crippen molar-refractivity contribution < 1.29 is 4.74 Å². The van der Waals surface area contributed by atoms with E-state index in [1.165, 1.54) is 18.4 Å². The molecule has 25 heavy (non-hydrogen) atoms. The molecule has 1 saturated carbocycles. The van der Waals surface area contributed by atoms with Crippen LogP contribution in [0.4, 0.5) is 0 Å². The summed E-state index contributed by atoms with van der Waals surface area (Å²) in [4.78, 5) is 2.22. The Morgan fingerprint density at radius 1 is 1.36 bits per heavy atom. The molecule has 6 heteroatoms. The van der Waals surface area contributed by atoms with E-state index in [0.29, 0.717) is 19.2 Å². The van der Waals surface area contributed by atoms with Crippen molar-refractivity contribution in [3.05, 3.63) is 53.1 Å². The Hall–Kier alpha value is -1.92. The molecule has 0 radical (unpaired) electrons. The van der Waals surface area contributed by atoms with Crippen LogP contribution in [0.2, 0.25) is 0 Å². The monoisotopic (exact) mass is 358 g/mol. The third-order valence-electron chi connectivity index (χ3n) is 4.27. The van der Waals surface area contributed by atoms with E-state index in [1.807, 2.05) is 29.8 Å². The van der Waals surface area contributed by atoms with Crippen LogP contribution in [-0.2, 0) is 19.8 Å². The Morgan fingerprint density at radius 2 is 2.08 bits per heavy atom. The number of rotatable bonds is 9. The molecule has 2 aromatic rings. The van der Waals surface area contributed by atoms with Crippen molar-refractivity contribution in [3.63, 3.8) is 0 Å². The fourth-order valence-corrected chi connectivity index (χ4v) is 3.21. The molecule has 0 unspecified atom stereocenters. The molecule has 1 aliphatic carbocycles. The molecule has 1 fully saturated rings. The van der Waals surface area contributed by atoms with E-state index >= 15 is 0 Å². The zero-order valence-corrected chi connectivity index (χ0v) is 15.8. The van der Waals surface area contributed by atoms with Crippen LogP contribution in [0.25, 0.3) is 0 Å². The van der Waals surface area contributed by atoms with Crippen molar-refractivity contribution in [3.8, 4) is 5.75 Å². The van der Waals surface area contributed by atoms with Gasteiger partial charge < -0.3 is 4.74 Å². The lowest BCUT2D eigenvalue weighted by molar-refractivity contribution is 0.243. The fraction of sp³-hybridized carbons (Fsp3) is 0.474. The largest absolute Gasteiger partial charge is 0.494 e. The normalized spacial score (nSPS) is 14.0. The summed E-state index contributed by atoms with van der Waals surface area (Å²) >= 11 is 5.63. The highest BCUT2D eigenvalue weighted by Crippen LogP contribution is 2.39. The van der Waals surface area contributed by atoms with Gasteiger partial charge in [0.25, 0.3) is 0 Å². The molecule has 134 valence electrons. The number of aromatic nitrogens is 3. The zero-order valence-electron chi connectivity index (χ0n) is 15.0. The van der Waals surface area contributed by atoms with E-state index in [-0.39, 0.29) is 0 Å². The van der Waals surface area contributed by atoms with Crippen molar-refractivity contribution in [1.29, 1.82) is 0 Å². The number of benzene rings is 1. The predicted molar refractivity (Wildman–Crippen MR) is 102 cm³/mol. The summed E-state index contributed by atoms with van der Waals surface area (Å²) in [5.41, 5.74) is 1.24. The summed E-state index contributed by atoms with van der Waals surface area (Å²) in [5.74, 6) is 2.59. The summed E-state index contributed by atoms with van der Waals surface area (Å²) in [6.07, 6.45) is 4.31. The lowest BCUT2D eigenvalue weighted by Gasteiger charge is -2.16. The van der Waals surface area contributed by atoms with E-state index in [9.17, 15) is 0 Å². The van der Waals surface area contributed by atoms with Crippen LogP contribution in [0.15, 0.2) is 36.9 Å². The van der Waals surface area contributed by atoms with Gasteiger partial charge >= 0.3 is 0 Å². The van der Waals surface area contributed by atoms with Crippen molar-refractivity contribution in [2.75, 3.05) is 13.7 Å². The standard InChI is InChI=1S/C19H26N4OS/c1-4-12-22-18(16-8-9-16)20-23(19(22)25)14-21(3)13-15-6-10-17(11-7-15)24-5-2/h4,6-7,10-11,16H,1,5,8-9,12-14H2,2-3H3. The summed E-state index contributed by atoms with van der Waals surface area (Å²) in [6.45, 7) is 8.76. The Kier molecular flexibility index (Phi) is 5.71. The van der Waals surface area contributed by atoms with Gasteiger partial charge in [-0.05, 0) is 56.7 Å². The van der Waals surface area contributed by atoms with E-state index in [1.54, 1.807) is 0 Å². The molecule has 0 spiro atoms. The molecule has 0 N–H and O–H groups in total. The van der Waals surface area contributed by atoms with Gasteiger partial charge in [0.2, 0.25) is 0 Å². The first-order valence-electron chi connectivity index (χ1n) is 8.81. The quantitative estimate of drug-likeness (QED) is 0.502. The smallest absolute Gasteiger partial charge is 0.199 e. The predicted octanol–water partition coefficient (Wildman–Crippen LogP) is 3.97. The molecule has 1 aromatic heterocycles. The van der Waals surface area contributed by atoms with E-state index < -0.39 is 0 Å². The Morgan fingerprint density at radius 3 is 2.68 bits per heavy atom. The van der Waals surface area contributed by atoms with Gasteiger partial charge in [0.05, 0.1) is 13.3 Å². The van der Waals surface area contributed by atoms with Crippen molar-refractivity contribution in [2.45, 2.75) is 45.4 Å². The molecule has 0 atom stereocenters. The van der Waals surface area contributed by atoms with E-state index in [2.05, 4.69) is 35.2 Å². The molecular formula is C19H26N4OS. The summed E-state index contributed by atoms with van der Waals surface area (Å²) in [7, 11) is 2.08. The molecular weight excluding hydrogens is 332 g/mol. The third kappa shape index (κ3) is 4.38. The summed E-state index contributed by atoms with van der Waals surface area (Å²) in [6, 6.07) is 8.24. The average molecular weight is 359 g/mol. The first-order valence-corrected chi connectivity index (χ1v) is 9.22. The maximum absolute atomic E-state index is 5.63. The topological polar surface area (TPSA) is 35.2 Å². The molecule has 1 aromatic carbocycles. The second-order valence-corrected chi connectivity index (χ2v) is 6.91. The highest BCUT2D eigenvalue weighted by Gasteiger charge is 2.29. The Bertz CT molecular complexity index is 774. The van der Waals surface area contributed by atoms with Gasteiger partial charge in [-0.2, -0.15) is 5.10 Å². The van der Waals surface area contributed by atoms with Gasteiger partial charge in [-0.15, -0.1) is 6.58 Å². The molecule has 0 bridgehead atoms. The third-order valence-corrected chi connectivity index (χ3v) is 4.70. The van der Waals surface area contributed by atoms with Crippen molar-refractivity contribution in [2.24, 2.45) is 0 Å². The van der Waals surface area contributed by atoms with Gasteiger partial charge in [-0.3, -0.25) is 9.47 Å². The maximum atomic E-state index is 5.63. The highest BCUT2D eigenvalue weighted by atomic mass is 32.1. The van der Waals surface area contributed by atoms with Gasteiger partial charge in [0, 0.05) is 19.0 Å². The molecule has 1 aliphatic rings. The van der Waals surface area contributed by atoms with Crippen LogP contribution < -0.4 is 4.74 Å². The fourth-order valence-electron chi connectivity index (χ4n) is 2.94. The van der Waals surface area contributed by atoms with Crippen molar-refractivity contribution in [1.82, 2.24) is 19.2 Å². The molecule has 3 rings (SSSR count). The van der Waals surface area contributed by atoms with E-state index in [0.717, 1.165) is 29.4 Å². The minimum absolute atomic E-state index is 0.569. The van der Waals surface area contributed by atoms with Crippen molar-refractivity contribution >= 4 is 12.2 Å². The minimum atomic E-state index is 0.569. The molecule has 5 nitrogen and oxygen atoms in total. The molecule has 0 amide bonds. The summed E-state index contributed by atoms with van der Waals surface area (Å²) in [5, 5.41) is 4.78. The second kappa shape index (κ2) is 7.97. The number of hydrogen-bond acceptors (Lipinski definition) is 4. The van der Waals surface area contributed by atoms with E-state index in [4.69, 9.17) is 22.1 Å². The van der Waals surface area contributed by atoms with Gasteiger partial charge in [-0.25, -0.2) is 4.68 Å². The molecule has 1 heterocycles. The van der Waals surface area contributed by atoms with Crippen LogP contribution >= 0.6 is 12.2 Å². The molecule has 0 aliphatic heterocycles. The Labute approximate surface area is 154 Å². The number of nitrogens with zero attached hydrogens (tertiary/aromatic N) is 4. The van der Waals surface area contributed by atoms with Crippen LogP contribution in [0.1, 0.15) is 37.1 Å². The lowest BCUT2D eigenvalue weighted by atomic mass is 10.2. The minimum Gasteiger partial charge on any atom is -0.494 e. The Balaban J connectivity index is 1.68. The van der Waals surface area contributed by atoms with Crippen LogP contribution in [0.3, 0.4) is 0 Å². The summed E-state index contributed by atoms with van der Waals surface area (Å²) < 4.78 is 10.3. The van der Waals surface area contributed by atoms with Crippen LogP contribution in [-0.4, -0.2) is 32.9 Å². The molecule has 0 saturated heterocycles. The number of allylic oxidation sites excluding steroid dienone is 1. The van der Waals surface area contributed by atoms with Gasteiger partial charge in [-0.1, -0.05) is 18.2 Å². The van der Waals surface area contributed by atoms with Crippen LogP contribution in [0.5, 0.6) is 5.75 Å². The first kappa shape index (κ1) is 17.9. The number of hydrogen-bond donors (Lipinski definition) is 0. The first-order chi connectivity index (χ1) is 12.1. The van der Waals surface area contributed by atoms with Gasteiger partial charge in [0.1, 0.15) is 11.6 Å². The SMILES string of the molecule is C=CCn1c(C2CC2)nn(CN(C)Cc2ccc(OCC)cc2)c1=S. The number of ether oxygens (including phenoxy) is 1. The maximum Gasteiger partial charge on any atom is 0.199 e. The van der Waals surface area contributed by atoms with Gasteiger partial charge in [0.15, 0.2) is 4.77 Å². The average Bonchev–Trinajstić information content (AvgIpc) is 3.39. The lowest BCUT2D eigenvalue weighted by Crippen LogP contribution is -2.22. The second-order valence-electron chi connectivity index (χ2n) is 6.55.